The van der Waals surface area contributed by atoms with Crippen molar-refractivity contribution in [2.24, 2.45) is 5.92 Å². The van der Waals surface area contributed by atoms with Gasteiger partial charge in [-0.2, -0.15) is 5.26 Å². The lowest BCUT2D eigenvalue weighted by Gasteiger charge is -2.15. The van der Waals surface area contributed by atoms with Crippen LogP contribution in [-0.2, 0) is 0 Å². The number of nitrogens with one attached hydrogen (secondary N) is 1. The Balaban J connectivity index is 2.60. The van der Waals surface area contributed by atoms with E-state index in [0.717, 1.165) is 17.9 Å². The first-order valence-electron chi connectivity index (χ1n) is 6.44. The van der Waals surface area contributed by atoms with Gasteiger partial charge in [-0.25, -0.2) is 0 Å². The number of anilines is 1. The van der Waals surface area contributed by atoms with Crippen LogP contribution in [0.3, 0.4) is 0 Å². The van der Waals surface area contributed by atoms with E-state index in [0.29, 0.717) is 5.92 Å². The summed E-state index contributed by atoms with van der Waals surface area (Å²) in [5, 5.41) is 12.3. The van der Waals surface area contributed by atoms with Crippen LogP contribution in [0.25, 0.3) is 0 Å². The minimum absolute atomic E-state index is 0.137. The van der Waals surface area contributed by atoms with Gasteiger partial charge in [0, 0.05) is 5.69 Å². The number of nitrogens with zero attached hydrogens (tertiary/aromatic N) is 1. The SMILES string of the molecule is CC(C)CC(C#N)Nc1ccc(OC(C)C)cc1. The van der Waals surface area contributed by atoms with Crippen LogP contribution in [0.2, 0.25) is 0 Å². The van der Waals surface area contributed by atoms with Crippen molar-refractivity contribution in [2.45, 2.75) is 46.3 Å². The maximum absolute atomic E-state index is 9.07. The van der Waals surface area contributed by atoms with Gasteiger partial charge in [-0.1, -0.05) is 13.8 Å². The van der Waals surface area contributed by atoms with Crippen LogP contribution in [0.1, 0.15) is 34.1 Å². The Kier molecular flexibility index (Phi) is 5.51. The Bertz CT molecular complexity index is 390. The molecule has 1 atom stereocenters. The van der Waals surface area contributed by atoms with Gasteiger partial charge in [0.25, 0.3) is 0 Å². The second-order valence-electron chi connectivity index (χ2n) is 5.15. The molecule has 18 heavy (non-hydrogen) atoms. The molecule has 3 heteroatoms. The smallest absolute Gasteiger partial charge is 0.119 e. The highest BCUT2D eigenvalue weighted by molar-refractivity contribution is 5.48. The average Bonchev–Trinajstić information content (AvgIpc) is 2.29. The summed E-state index contributed by atoms with van der Waals surface area (Å²) in [5.41, 5.74) is 0.957. The normalized spacial score (nSPS) is 12.3. The van der Waals surface area contributed by atoms with E-state index >= 15 is 0 Å². The minimum atomic E-state index is -0.137. The van der Waals surface area contributed by atoms with Crippen LogP contribution < -0.4 is 10.1 Å². The molecule has 0 amide bonds. The van der Waals surface area contributed by atoms with Gasteiger partial charge >= 0.3 is 0 Å². The summed E-state index contributed by atoms with van der Waals surface area (Å²) in [7, 11) is 0. The zero-order valence-corrected chi connectivity index (χ0v) is 11.6. The van der Waals surface area contributed by atoms with Crippen LogP contribution in [0.15, 0.2) is 24.3 Å². The predicted octanol–water partition coefficient (Wildman–Crippen LogP) is 3.82. The first-order chi connectivity index (χ1) is 8.51. The van der Waals surface area contributed by atoms with E-state index < -0.39 is 0 Å². The number of hydrogen-bond donors (Lipinski definition) is 1. The highest BCUT2D eigenvalue weighted by Gasteiger charge is 2.09. The molecule has 0 spiro atoms. The molecule has 98 valence electrons. The topological polar surface area (TPSA) is 45.0 Å². The molecule has 0 aromatic heterocycles. The summed E-state index contributed by atoms with van der Waals surface area (Å²) in [4.78, 5) is 0. The Hall–Kier alpha value is -1.69. The molecule has 1 rings (SSSR count). The second kappa shape index (κ2) is 6.90. The number of hydrogen-bond acceptors (Lipinski definition) is 3. The Morgan fingerprint density at radius 3 is 2.22 bits per heavy atom. The Labute approximate surface area is 110 Å². The Morgan fingerprint density at radius 1 is 1.17 bits per heavy atom. The molecule has 0 saturated carbocycles. The van der Waals surface area contributed by atoms with E-state index in [9.17, 15) is 0 Å². The zero-order chi connectivity index (χ0) is 13.5. The predicted molar refractivity (Wildman–Crippen MR) is 74.7 cm³/mol. The van der Waals surface area contributed by atoms with Gasteiger partial charge in [-0.3, -0.25) is 0 Å². The molecule has 0 bridgehead atoms. The molecule has 0 radical (unpaired) electrons. The van der Waals surface area contributed by atoms with E-state index in [1.807, 2.05) is 38.1 Å². The van der Waals surface area contributed by atoms with Crippen molar-refractivity contribution in [3.05, 3.63) is 24.3 Å². The van der Waals surface area contributed by atoms with Crippen LogP contribution >= 0.6 is 0 Å². The molecule has 0 saturated heterocycles. The number of benzene rings is 1. The molecule has 1 aromatic rings. The van der Waals surface area contributed by atoms with Crippen LogP contribution in [0.5, 0.6) is 5.75 Å². The highest BCUT2D eigenvalue weighted by Crippen LogP contribution is 2.18. The maximum Gasteiger partial charge on any atom is 0.119 e. The van der Waals surface area contributed by atoms with E-state index in [-0.39, 0.29) is 12.1 Å². The van der Waals surface area contributed by atoms with Gasteiger partial charge in [-0.15, -0.1) is 0 Å². The fraction of sp³-hybridized carbons (Fsp3) is 0.533. The second-order valence-corrected chi connectivity index (χ2v) is 5.15. The molecule has 0 aliphatic heterocycles. The maximum atomic E-state index is 9.07. The number of nitriles is 1. The van der Waals surface area contributed by atoms with Crippen LogP contribution in [0.4, 0.5) is 5.69 Å². The third-order valence-electron chi connectivity index (χ3n) is 2.43. The molecule has 1 N–H and O–H groups in total. The molecular formula is C15H22N2O. The summed E-state index contributed by atoms with van der Waals surface area (Å²) in [6.45, 7) is 8.23. The molecule has 0 aliphatic rings. The van der Waals surface area contributed by atoms with Gasteiger partial charge in [-0.05, 0) is 50.5 Å². The lowest BCUT2D eigenvalue weighted by Crippen LogP contribution is -2.19. The van der Waals surface area contributed by atoms with Gasteiger partial charge in [0.15, 0.2) is 0 Å². The van der Waals surface area contributed by atoms with Crippen LogP contribution in [0, 0.1) is 17.2 Å². The summed E-state index contributed by atoms with van der Waals surface area (Å²) in [6, 6.07) is 9.89. The van der Waals surface area contributed by atoms with E-state index in [1.165, 1.54) is 0 Å². The first-order valence-corrected chi connectivity index (χ1v) is 6.44. The zero-order valence-electron chi connectivity index (χ0n) is 11.6. The summed E-state index contributed by atoms with van der Waals surface area (Å²) >= 11 is 0. The third kappa shape index (κ3) is 5.09. The molecule has 0 aliphatic carbocycles. The van der Waals surface area contributed by atoms with Crippen molar-refractivity contribution in [3.63, 3.8) is 0 Å². The van der Waals surface area contributed by atoms with Crippen molar-refractivity contribution in [2.75, 3.05) is 5.32 Å². The van der Waals surface area contributed by atoms with Gasteiger partial charge < -0.3 is 10.1 Å². The average molecular weight is 246 g/mol. The molecule has 0 fully saturated rings. The summed E-state index contributed by atoms with van der Waals surface area (Å²) in [5.74, 6) is 1.36. The van der Waals surface area contributed by atoms with E-state index in [1.54, 1.807) is 0 Å². The fourth-order valence-corrected chi connectivity index (χ4v) is 1.72. The molecule has 3 nitrogen and oxygen atoms in total. The largest absolute Gasteiger partial charge is 0.491 e. The van der Waals surface area contributed by atoms with Crippen molar-refractivity contribution in [1.29, 1.82) is 5.26 Å². The first kappa shape index (κ1) is 14.4. The van der Waals surface area contributed by atoms with Crippen molar-refractivity contribution in [3.8, 4) is 11.8 Å². The van der Waals surface area contributed by atoms with Gasteiger partial charge in [0.1, 0.15) is 11.8 Å². The summed E-state index contributed by atoms with van der Waals surface area (Å²) < 4.78 is 5.57. The lowest BCUT2D eigenvalue weighted by atomic mass is 10.0. The molecule has 1 unspecified atom stereocenters. The Morgan fingerprint density at radius 2 is 1.78 bits per heavy atom. The van der Waals surface area contributed by atoms with E-state index in [4.69, 9.17) is 10.00 Å². The van der Waals surface area contributed by atoms with Crippen molar-refractivity contribution in [1.82, 2.24) is 0 Å². The molecule has 1 aromatic carbocycles. The lowest BCUT2D eigenvalue weighted by molar-refractivity contribution is 0.242. The highest BCUT2D eigenvalue weighted by atomic mass is 16.5. The minimum Gasteiger partial charge on any atom is -0.491 e. The standard InChI is InChI=1S/C15H22N2O/c1-11(2)9-14(10-16)17-13-5-7-15(8-6-13)18-12(3)4/h5-8,11-12,14,17H,9H2,1-4H3. The van der Waals surface area contributed by atoms with Crippen molar-refractivity contribution < 1.29 is 4.74 Å². The molecular weight excluding hydrogens is 224 g/mol. The van der Waals surface area contributed by atoms with Gasteiger partial charge in [0.2, 0.25) is 0 Å². The quantitative estimate of drug-likeness (QED) is 0.829. The van der Waals surface area contributed by atoms with Crippen molar-refractivity contribution >= 4 is 5.69 Å². The number of ether oxygens (including phenoxy) is 1. The molecule has 0 heterocycles. The van der Waals surface area contributed by atoms with Gasteiger partial charge in [0.05, 0.1) is 12.2 Å². The van der Waals surface area contributed by atoms with E-state index in [2.05, 4.69) is 25.2 Å². The summed E-state index contributed by atoms with van der Waals surface area (Å²) in [6.07, 6.45) is 1.03. The third-order valence-corrected chi connectivity index (χ3v) is 2.43. The monoisotopic (exact) mass is 246 g/mol. The number of rotatable bonds is 6. The van der Waals surface area contributed by atoms with Crippen LogP contribution in [-0.4, -0.2) is 12.1 Å². The fourth-order valence-electron chi connectivity index (χ4n) is 1.72.